The molecule has 1 unspecified atom stereocenters. The van der Waals surface area contributed by atoms with Gasteiger partial charge in [0.2, 0.25) is 5.75 Å². The minimum atomic E-state index is -4.57. The molecule has 0 N–H and O–H groups in total. The number of hydrogen-bond donors (Lipinski definition) is 0. The lowest BCUT2D eigenvalue weighted by atomic mass is 10.2. The largest absolute Gasteiger partial charge is 0.472 e. The van der Waals surface area contributed by atoms with Crippen LogP contribution in [0.15, 0.2) is 36.4 Å². The fourth-order valence-electron chi connectivity index (χ4n) is 2.09. The lowest BCUT2D eigenvalue weighted by Crippen LogP contribution is -2.25. The maximum atomic E-state index is 12.7. The number of benzene rings is 2. The lowest BCUT2D eigenvalue weighted by Gasteiger charge is -2.14. The van der Waals surface area contributed by atoms with Gasteiger partial charge in [-0.15, -0.1) is 0 Å². The average Bonchev–Trinajstić information content (AvgIpc) is 2.61. The Bertz CT molecular complexity index is 903. The summed E-state index contributed by atoms with van der Waals surface area (Å²) in [4.78, 5) is 21.9. The molecule has 0 radical (unpaired) electrons. The summed E-state index contributed by atoms with van der Waals surface area (Å²) in [6.45, 7) is 1.33. The Kier molecular flexibility index (Phi) is 6.34. The van der Waals surface area contributed by atoms with E-state index in [0.29, 0.717) is 6.07 Å². The number of carbonyl (C=O) groups is 1. The normalized spacial score (nSPS) is 12.2. The number of nitro benzene ring substituents is 1. The number of nitro groups is 1. The molecule has 0 aliphatic carbocycles. The molecule has 28 heavy (non-hydrogen) atoms. The zero-order chi connectivity index (χ0) is 21.1. The van der Waals surface area contributed by atoms with Crippen molar-refractivity contribution in [3.63, 3.8) is 0 Å². The highest BCUT2D eigenvalue weighted by atomic mass is 35.5. The molecule has 2 aromatic rings. The molecular formula is C17H13ClF3NO6. The lowest BCUT2D eigenvalue weighted by molar-refractivity contribution is -0.386. The first-order valence-electron chi connectivity index (χ1n) is 7.60. The zero-order valence-electron chi connectivity index (χ0n) is 14.5. The van der Waals surface area contributed by atoms with Crippen LogP contribution in [0.4, 0.5) is 18.9 Å². The number of alkyl halides is 3. The molecule has 0 amide bonds. The molecule has 0 fully saturated rings. The summed E-state index contributed by atoms with van der Waals surface area (Å²) in [6, 6.07) is 5.88. The summed E-state index contributed by atoms with van der Waals surface area (Å²) >= 11 is 5.83. The molecule has 0 heterocycles. The van der Waals surface area contributed by atoms with Crippen molar-refractivity contribution in [3.8, 4) is 17.2 Å². The Balaban J connectivity index is 2.33. The van der Waals surface area contributed by atoms with E-state index in [0.717, 1.165) is 31.4 Å². The number of esters is 1. The minimum absolute atomic E-state index is 0.000625. The second-order valence-corrected chi connectivity index (χ2v) is 5.82. The molecule has 0 bridgehead atoms. The van der Waals surface area contributed by atoms with Gasteiger partial charge in [-0.2, -0.15) is 13.2 Å². The maximum Gasteiger partial charge on any atom is 0.416 e. The molecule has 2 rings (SSSR count). The van der Waals surface area contributed by atoms with Crippen LogP contribution in [-0.4, -0.2) is 24.1 Å². The van der Waals surface area contributed by atoms with Crippen molar-refractivity contribution in [1.29, 1.82) is 0 Å². The van der Waals surface area contributed by atoms with Crippen LogP contribution in [-0.2, 0) is 15.7 Å². The van der Waals surface area contributed by atoms with Crippen LogP contribution < -0.4 is 9.47 Å². The SMILES string of the molecule is COC(=O)C(C)Oc1cc(Oc2ccc(C(F)(F)F)cc2Cl)ccc1[N+](=O)[O-]. The van der Waals surface area contributed by atoms with Crippen molar-refractivity contribution in [3.05, 3.63) is 57.1 Å². The first kappa shape index (κ1) is 21.3. The average molecular weight is 420 g/mol. The monoisotopic (exact) mass is 419 g/mol. The second-order valence-electron chi connectivity index (χ2n) is 5.41. The van der Waals surface area contributed by atoms with Gasteiger partial charge < -0.3 is 14.2 Å². The Hall–Kier alpha value is -3.01. The maximum absolute atomic E-state index is 12.7. The van der Waals surface area contributed by atoms with Crippen LogP contribution in [0.1, 0.15) is 12.5 Å². The van der Waals surface area contributed by atoms with Gasteiger partial charge in [0.05, 0.1) is 22.6 Å². The van der Waals surface area contributed by atoms with Gasteiger partial charge in [-0.3, -0.25) is 10.1 Å². The number of rotatable bonds is 6. The third kappa shape index (κ3) is 5.03. The molecule has 0 spiro atoms. The summed E-state index contributed by atoms with van der Waals surface area (Å²) in [5.41, 5.74) is -1.40. The Morgan fingerprint density at radius 2 is 1.86 bits per heavy atom. The van der Waals surface area contributed by atoms with E-state index in [1.54, 1.807) is 0 Å². The predicted molar refractivity (Wildman–Crippen MR) is 91.7 cm³/mol. The van der Waals surface area contributed by atoms with Crippen LogP contribution in [0.25, 0.3) is 0 Å². The van der Waals surface area contributed by atoms with Crippen LogP contribution in [0, 0.1) is 10.1 Å². The molecular weight excluding hydrogens is 407 g/mol. The van der Waals surface area contributed by atoms with E-state index < -0.39 is 34.4 Å². The Morgan fingerprint density at radius 3 is 2.39 bits per heavy atom. The molecule has 0 saturated carbocycles. The fourth-order valence-corrected chi connectivity index (χ4v) is 2.31. The summed E-state index contributed by atoms with van der Waals surface area (Å²) in [6.07, 6.45) is -5.71. The molecule has 0 aliphatic heterocycles. The highest BCUT2D eigenvalue weighted by molar-refractivity contribution is 6.32. The smallest absolute Gasteiger partial charge is 0.416 e. The zero-order valence-corrected chi connectivity index (χ0v) is 15.2. The van der Waals surface area contributed by atoms with E-state index in [4.69, 9.17) is 21.1 Å². The van der Waals surface area contributed by atoms with Crippen LogP contribution in [0.5, 0.6) is 17.2 Å². The number of carbonyl (C=O) groups excluding carboxylic acids is 1. The predicted octanol–water partition coefficient (Wildman–Crippen LogP) is 5.00. The van der Waals surface area contributed by atoms with Gasteiger partial charge >= 0.3 is 17.8 Å². The highest BCUT2D eigenvalue weighted by Crippen LogP contribution is 2.38. The number of nitrogens with zero attached hydrogens (tertiary/aromatic N) is 1. The fraction of sp³-hybridized carbons (Fsp3) is 0.235. The van der Waals surface area contributed by atoms with Crippen molar-refractivity contribution in [2.75, 3.05) is 7.11 Å². The molecule has 1 atom stereocenters. The molecule has 150 valence electrons. The molecule has 2 aromatic carbocycles. The van der Waals surface area contributed by atoms with E-state index in [1.165, 1.54) is 13.0 Å². The van der Waals surface area contributed by atoms with Crippen molar-refractivity contribution in [2.45, 2.75) is 19.2 Å². The summed E-state index contributed by atoms with van der Waals surface area (Å²) < 4.78 is 53.2. The molecule has 0 aliphatic rings. The van der Waals surface area contributed by atoms with Crippen molar-refractivity contribution < 1.29 is 37.1 Å². The van der Waals surface area contributed by atoms with E-state index >= 15 is 0 Å². The number of halogens is 4. The van der Waals surface area contributed by atoms with Gasteiger partial charge in [0, 0.05) is 12.1 Å². The van der Waals surface area contributed by atoms with Gasteiger partial charge in [0.1, 0.15) is 11.5 Å². The highest BCUT2D eigenvalue weighted by Gasteiger charge is 2.31. The summed E-state index contributed by atoms with van der Waals surface area (Å²) in [5.74, 6) is -1.15. The standard InChI is InChI=1S/C17H13ClF3NO6/c1-9(16(23)26-2)27-15-8-11(4-5-13(15)22(24)25)28-14-6-3-10(7-12(14)18)17(19,20)21/h3-9H,1-2H3. The van der Waals surface area contributed by atoms with Gasteiger partial charge in [-0.25, -0.2) is 4.79 Å². The summed E-state index contributed by atoms with van der Waals surface area (Å²) in [7, 11) is 1.13. The molecule has 7 nitrogen and oxygen atoms in total. The second kappa shape index (κ2) is 8.34. The number of hydrogen-bond acceptors (Lipinski definition) is 6. The van der Waals surface area contributed by atoms with E-state index in [9.17, 15) is 28.1 Å². The molecule has 0 aromatic heterocycles. The summed E-state index contributed by atoms with van der Waals surface area (Å²) in [5, 5.41) is 10.8. The van der Waals surface area contributed by atoms with E-state index in [2.05, 4.69) is 4.74 Å². The van der Waals surface area contributed by atoms with E-state index in [1.807, 2.05) is 0 Å². The van der Waals surface area contributed by atoms with Crippen molar-refractivity contribution in [1.82, 2.24) is 0 Å². The van der Waals surface area contributed by atoms with Gasteiger partial charge in [0.25, 0.3) is 0 Å². The molecule has 0 saturated heterocycles. The van der Waals surface area contributed by atoms with Crippen LogP contribution in [0.2, 0.25) is 5.02 Å². The van der Waals surface area contributed by atoms with Gasteiger partial charge in [0.15, 0.2) is 6.10 Å². The quantitative estimate of drug-likeness (QED) is 0.372. The van der Waals surface area contributed by atoms with E-state index in [-0.39, 0.29) is 22.3 Å². The van der Waals surface area contributed by atoms with Crippen molar-refractivity contribution >= 4 is 23.3 Å². The topological polar surface area (TPSA) is 87.9 Å². The first-order valence-corrected chi connectivity index (χ1v) is 7.98. The Morgan fingerprint density at radius 1 is 1.18 bits per heavy atom. The molecule has 11 heteroatoms. The first-order chi connectivity index (χ1) is 13.0. The van der Waals surface area contributed by atoms with Crippen molar-refractivity contribution in [2.24, 2.45) is 0 Å². The third-order valence-corrected chi connectivity index (χ3v) is 3.75. The third-order valence-electron chi connectivity index (χ3n) is 3.45. The Labute approximate surface area is 161 Å². The number of methoxy groups -OCH3 is 1. The van der Waals surface area contributed by atoms with Gasteiger partial charge in [-0.1, -0.05) is 11.6 Å². The van der Waals surface area contributed by atoms with Crippen LogP contribution >= 0.6 is 11.6 Å². The number of ether oxygens (including phenoxy) is 3. The van der Waals surface area contributed by atoms with Gasteiger partial charge in [-0.05, 0) is 31.2 Å². The minimum Gasteiger partial charge on any atom is -0.472 e. The van der Waals surface area contributed by atoms with Crippen LogP contribution in [0.3, 0.4) is 0 Å².